The molecule has 3 rings (SSSR count). The number of carbonyl (C=O) groups is 2. The van der Waals surface area contributed by atoms with Crippen LogP contribution in [0, 0.1) is 0 Å². The summed E-state index contributed by atoms with van der Waals surface area (Å²) in [6, 6.07) is 14.5. The zero-order chi connectivity index (χ0) is 18.2. The van der Waals surface area contributed by atoms with Crippen LogP contribution < -0.4 is 5.32 Å². The number of nitrogens with one attached hydrogen (secondary N) is 1. The highest BCUT2D eigenvalue weighted by Gasteiger charge is 2.27. The molecule has 2 aromatic rings. The van der Waals surface area contributed by atoms with Crippen molar-refractivity contribution in [3.05, 3.63) is 58.3 Å². The summed E-state index contributed by atoms with van der Waals surface area (Å²) in [6.07, 6.45) is 5.45. The molecule has 0 saturated carbocycles. The fourth-order valence-corrected chi connectivity index (χ4v) is 4.16. The van der Waals surface area contributed by atoms with Crippen LogP contribution in [-0.2, 0) is 11.2 Å². The minimum absolute atomic E-state index is 0.0469. The third-order valence-corrected chi connectivity index (χ3v) is 5.77. The van der Waals surface area contributed by atoms with Crippen molar-refractivity contribution in [2.75, 3.05) is 13.1 Å². The number of hydrogen-bond acceptors (Lipinski definition) is 3. The Hall–Kier alpha value is -2.14. The number of carbonyl (C=O) groups excluding carboxylic acids is 2. The normalized spacial score (nSPS) is 16.6. The van der Waals surface area contributed by atoms with Gasteiger partial charge in [-0.05, 0) is 49.1 Å². The Morgan fingerprint density at radius 3 is 2.77 bits per heavy atom. The number of amides is 2. The first-order valence-electron chi connectivity index (χ1n) is 9.39. The van der Waals surface area contributed by atoms with Gasteiger partial charge >= 0.3 is 0 Å². The summed E-state index contributed by atoms with van der Waals surface area (Å²) in [5.74, 6) is 0.181. The summed E-state index contributed by atoms with van der Waals surface area (Å²) in [4.78, 5) is 27.2. The molecule has 4 nitrogen and oxygen atoms in total. The highest BCUT2D eigenvalue weighted by molar-refractivity contribution is 7.12. The molecule has 0 spiro atoms. The predicted molar refractivity (Wildman–Crippen MR) is 105 cm³/mol. The maximum Gasteiger partial charge on any atom is 0.261 e. The van der Waals surface area contributed by atoms with E-state index in [1.165, 1.54) is 16.9 Å². The van der Waals surface area contributed by atoms with Crippen LogP contribution in [-0.4, -0.2) is 35.8 Å². The van der Waals surface area contributed by atoms with Crippen molar-refractivity contribution in [3.8, 4) is 0 Å². The summed E-state index contributed by atoms with van der Waals surface area (Å²) >= 11 is 1.43. The first-order chi connectivity index (χ1) is 12.7. The number of nitrogens with zero attached hydrogens (tertiary/aromatic N) is 1. The molecule has 1 atom stereocenters. The van der Waals surface area contributed by atoms with Gasteiger partial charge < -0.3 is 10.2 Å². The first kappa shape index (κ1) is 18.6. The van der Waals surface area contributed by atoms with Gasteiger partial charge in [0, 0.05) is 25.6 Å². The molecule has 1 aliphatic rings. The standard InChI is InChI=1S/C21H26N2O2S/c24-20(11-4-14-22-21(25)19-10-6-16-26-19)23-15-5-9-18(23)13-12-17-7-2-1-3-8-17/h1-3,6-8,10,16,18H,4-5,9,11-15H2,(H,22,25). The van der Waals surface area contributed by atoms with E-state index in [0.717, 1.165) is 37.1 Å². The van der Waals surface area contributed by atoms with Crippen LogP contribution in [0.25, 0.3) is 0 Å². The van der Waals surface area contributed by atoms with E-state index < -0.39 is 0 Å². The molecule has 1 saturated heterocycles. The molecule has 0 radical (unpaired) electrons. The second kappa shape index (κ2) is 9.53. The van der Waals surface area contributed by atoms with Crippen molar-refractivity contribution in [3.63, 3.8) is 0 Å². The smallest absolute Gasteiger partial charge is 0.261 e. The van der Waals surface area contributed by atoms with Crippen LogP contribution >= 0.6 is 11.3 Å². The molecular formula is C21H26N2O2S. The molecule has 1 aliphatic heterocycles. The number of benzene rings is 1. The molecule has 26 heavy (non-hydrogen) atoms. The summed E-state index contributed by atoms with van der Waals surface area (Å²) in [5, 5.41) is 4.78. The van der Waals surface area contributed by atoms with Gasteiger partial charge in [0.1, 0.15) is 0 Å². The summed E-state index contributed by atoms with van der Waals surface area (Å²) in [5.41, 5.74) is 1.34. The lowest BCUT2D eigenvalue weighted by Crippen LogP contribution is -2.36. The molecule has 138 valence electrons. The van der Waals surface area contributed by atoms with E-state index in [1.807, 2.05) is 23.6 Å². The van der Waals surface area contributed by atoms with Crippen molar-refractivity contribution in [2.24, 2.45) is 0 Å². The van der Waals surface area contributed by atoms with Crippen LogP contribution in [0.15, 0.2) is 47.8 Å². The van der Waals surface area contributed by atoms with Crippen molar-refractivity contribution in [1.82, 2.24) is 10.2 Å². The molecule has 2 heterocycles. The van der Waals surface area contributed by atoms with E-state index in [4.69, 9.17) is 0 Å². The third kappa shape index (κ3) is 5.18. The zero-order valence-electron chi connectivity index (χ0n) is 15.0. The van der Waals surface area contributed by atoms with Crippen molar-refractivity contribution in [1.29, 1.82) is 0 Å². The Morgan fingerprint density at radius 2 is 2.00 bits per heavy atom. The SMILES string of the molecule is O=C(NCCCC(=O)N1CCCC1CCc1ccccc1)c1cccs1. The molecule has 1 aromatic carbocycles. The van der Waals surface area contributed by atoms with Crippen LogP contribution in [0.2, 0.25) is 0 Å². The Balaban J connectivity index is 1.38. The van der Waals surface area contributed by atoms with Gasteiger partial charge in [0.05, 0.1) is 4.88 Å². The minimum atomic E-state index is -0.0469. The van der Waals surface area contributed by atoms with Crippen LogP contribution in [0.3, 0.4) is 0 Å². The van der Waals surface area contributed by atoms with E-state index >= 15 is 0 Å². The van der Waals surface area contributed by atoms with Gasteiger partial charge in [-0.25, -0.2) is 0 Å². The van der Waals surface area contributed by atoms with Gasteiger partial charge in [-0.2, -0.15) is 0 Å². The van der Waals surface area contributed by atoms with Crippen molar-refractivity contribution >= 4 is 23.2 Å². The summed E-state index contributed by atoms with van der Waals surface area (Å²) < 4.78 is 0. The van der Waals surface area contributed by atoms with Crippen LogP contribution in [0.5, 0.6) is 0 Å². The average molecular weight is 371 g/mol. The molecule has 1 aromatic heterocycles. The predicted octanol–water partition coefficient (Wildman–Crippen LogP) is 3.88. The Labute approximate surface area is 159 Å². The van der Waals surface area contributed by atoms with Gasteiger partial charge in [0.15, 0.2) is 0 Å². The van der Waals surface area contributed by atoms with E-state index in [9.17, 15) is 9.59 Å². The van der Waals surface area contributed by atoms with Crippen LogP contribution in [0.1, 0.15) is 47.3 Å². The molecule has 5 heteroatoms. The fraction of sp³-hybridized carbons (Fsp3) is 0.429. The first-order valence-corrected chi connectivity index (χ1v) is 10.3. The average Bonchev–Trinajstić information content (AvgIpc) is 3.36. The zero-order valence-corrected chi connectivity index (χ0v) is 15.8. The largest absolute Gasteiger partial charge is 0.351 e. The number of rotatable bonds is 8. The maximum atomic E-state index is 12.6. The quantitative estimate of drug-likeness (QED) is 0.717. The number of aryl methyl sites for hydroxylation is 1. The maximum absolute atomic E-state index is 12.6. The lowest BCUT2D eigenvalue weighted by Gasteiger charge is -2.25. The molecule has 1 unspecified atom stereocenters. The monoisotopic (exact) mass is 370 g/mol. The van der Waals surface area contributed by atoms with E-state index in [-0.39, 0.29) is 11.8 Å². The van der Waals surface area contributed by atoms with E-state index in [0.29, 0.717) is 25.4 Å². The molecular weight excluding hydrogens is 344 g/mol. The second-order valence-corrected chi connectivity index (χ2v) is 7.69. The number of likely N-dealkylation sites (tertiary alicyclic amines) is 1. The Bertz CT molecular complexity index is 700. The fourth-order valence-electron chi connectivity index (χ4n) is 3.52. The minimum Gasteiger partial charge on any atom is -0.351 e. The van der Waals surface area contributed by atoms with E-state index in [1.54, 1.807) is 0 Å². The van der Waals surface area contributed by atoms with Crippen molar-refractivity contribution in [2.45, 2.75) is 44.6 Å². The highest BCUT2D eigenvalue weighted by Crippen LogP contribution is 2.23. The van der Waals surface area contributed by atoms with Gasteiger partial charge in [-0.15, -0.1) is 11.3 Å². The molecule has 1 N–H and O–H groups in total. The van der Waals surface area contributed by atoms with Gasteiger partial charge in [-0.1, -0.05) is 36.4 Å². The van der Waals surface area contributed by atoms with Gasteiger partial charge in [-0.3, -0.25) is 9.59 Å². The highest BCUT2D eigenvalue weighted by atomic mass is 32.1. The molecule has 2 amide bonds. The lowest BCUT2D eigenvalue weighted by atomic mass is 10.0. The third-order valence-electron chi connectivity index (χ3n) is 4.90. The molecule has 0 bridgehead atoms. The lowest BCUT2D eigenvalue weighted by molar-refractivity contribution is -0.132. The summed E-state index contributed by atoms with van der Waals surface area (Å²) in [6.45, 7) is 1.42. The molecule has 1 fully saturated rings. The van der Waals surface area contributed by atoms with Gasteiger partial charge in [0.25, 0.3) is 5.91 Å². The number of thiophene rings is 1. The van der Waals surface area contributed by atoms with E-state index in [2.05, 4.69) is 34.5 Å². The second-order valence-electron chi connectivity index (χ2n) is 6.74. The van der Waals surface area contributed by atoms with Crippen LogP contribution in [0.4, 0.5) is 0 Å². The topological polar surface area (TPSA) is 49.4 Å². The number of hydrogen-bond donors (Lipinski definition) is 1. The summed E-state index contributed by atoms with van der Waals surface area (Å²) in [7, 11) is 0. The van der Waals surface area contributed by atoms with Gasteiger partial charge in [0.2, 0.25) is 5.91 Å². The Kier molecular flexibility index (Phi) is 6.83. The van der Waals surface area contributed by atoms with Crippen molar-refractivity contribution < 1.29 is 9.59 Å². The molecule has 0 aliphatic carbocycles. The Morgan fingerprint density at radius 1 is 1.15 bits per heavy atom.